The zero-order valence-corrected chi connectivity index (χ0v) is 10.6. The Bertz CT molecular complexity index is 515. The summed E-state index contributed by atoms with van der Waals surface area (Å²) in [7, 11) is 0. The quantitative estimate of drug-likeness (QED) is 0.882. The fourth-order valence-electron chi connectivity index (χ4n) is 2.56. The summed E-state index contributed by atoms with van der Waals surface area (Å²) in [5.74, 6) is -2.68. The van der Waals surface area contributed by atoms with Crippen LogP contribution in [0.4, 0.5) is 10.1 Å². The van der Waals surface area contributed by atoms with E-state index in [4.69, 9.17) is 5.11 Å². The average Bonchev–Trinajstić information content (AvgIpc) is 2.82. The smallest absolute Gasteiger partial charge is 0.307 e. The van der Waals surface area contributed by atoms with Crippen LogP contribution in [0.15, 0.2) is 18.2 Å². The summed E-state index contributed by atoms with van der Waals surface area (Å²) in [4.78, 5) is 23.1. The Morgan fingerprint density at radius 1 is 1.32 bits per heavy atom. The van der Waals surface area contributed by atoms with Crippen LogP contribution in [-0.2, 0) is 9.59 Å². The molecule has 0 spiro atoms. The first-order valence-corrected chi connectivity index (χ1v) is 6.29. The summed E-state index contributed by atoms with van der Waals surface area (Å²) < 4.78 is 13.0. The van der Waals surface area contributed by atoms with E-state index in [9.17, 15) is 14.0 Å². The third-order valence-corrected chi connectivity index (χ3v) is 3.62. The first kappa shape index (κ1) is 13.5. The Kier molecular flexibility index (Phi) is 3.83. The van der Waals surface area contributed by atoms with Crippen molar-refractivity contribution in [1.82, 2.24) is 0 Å². The minimum absolute atomic E-state index is 0.292. The molecule has 1 aromatic rings. The predicted molar refractivity (Wildman–Crippen MR) is 68.2 cm³/mol. The molecule has 2 unspecified atom stereocenters. The van der Waals surface area contributed by atoms with Crippen LogP contribution in [0.1, 0.15) is 24.8 Å². The number of rotatable bonds is 3. The van der Waals surface area contributed by atoms with E-state index < -0.39 is 17.8 Å². The van der Waals surface area contributed by atoms with Crippen LogP contribution in [0.2, 0.25) is 0 Å². The molecule has 1 aliphatic rings. The number of aliphatic carboxylic acids is 1. The average molecular weight is 265 g/mol. The third kappa shape index (κ3) is 2.92. The van der Waals surface area contributed by atoms with Gasteiger partial charge in [0, 0.05) is 5.69 Å². The summed E-state index contributed by atoms with van der Waals surface area (Å²) in [5.41, 5.74) is 1.15. The van der Waals surface area contributed by atoms with Crippen molar-refractivity contribution in [2.75, 3.05) is 5.32 Å². The lowest BCUT2D eigenvalue weighted by atomic mass is 9.95. The molecule has 0 radical (unpaired) electrons. The fraction of sp³-hybridized carbons (Fsp3) is 0.429. The Morgan fingerprint density at radius 2 is 2.00 bits per heavy atom. The van der Waals surface area contributed by atoms with Crippen LogP contribution in [0.25, 0.3) is 0 Å². The molecule has 1 amide bonds. The van der Waals surface area contributed by atoms with Gasteiger partial charge in [0.25, 0.3) is 0 Å². The van der Waals surface area contributed by atoms with E-state index in [2.05, 4.69) is 5.32 Å². The van der Waals surface area contributed by atoms with Gasteiger partial charge in [0.15, 0.2) is 0 Å². The first-order chi connectivity index (χ1) is 8.99. The van der Waals surface area contributed by atoms with Gasteiger partial charge in [-0.25, -0.2) is 4.39 Å². The molecule has 2 N–H and O–H groups in total. The normalized spacial score (nSPS) is 22.2. The van der Waals surface area contributed by atoms with Crippen LogP contribution in [0, 0.1) is 24.6 Å². The van der Waals surface area contributed by atoms with E-state index in [0.29, 0.717) is 24.1 Å². The van der Waals surface area contributed by atoms with Gasteiger partial charge in [-0.1, -0.05) is 6.42 Å². The van der Waals surface area contributed by atoms with Crippen molar-refractivity contribution >= 4 is 17.6 Å². The topological polar surface area (TPSA) is 66.4 Å². The van der Waals surface area contributed by atoms with Gasteiger partial charge < -0.3 is 10.4 Å². The fourth-order valence-corrected chi connectivity index (χ4v) is 2.56. The maximum absolute atomic E-state index is 13.0. The second-order valence-corrected chi connectivity index (χ2v) is 4.93. The van der Waals surface area contributed by atoms with Crippen LogP contribution in [0.5, 0.6) is 0 Å². The first-order valence-electron chi connectivity index (χ1n) is 6.29. The number of carboxylic acids is 1. The van der Waals surface area contributed by atoms with Gasteiger partial charge in [-0.3, -0.25) is 9.59 Å². The number of anilines is 1. The number of halogens is 1. The van der Waals surface area contributed by atoms with Crippen LogP contribution >= 0.6 is 0 Å². The van der Waals surface area contributed by atoms with Gasteiger partial charge in [-0.05, 0) is 43.5 Å². The van der Waals surface area contributed by atoms with E-state index in [1.165, 1.54) is 18.2 Å². The molecule has 102 valence electrons. The lowest BCUT2D eigenvalue weighted by molar-refractivity contribution is -0.145. The molecule has 1 fully saturated rings. The molecule has 1 aromatic carbocycles. The number of carboxylic acid groups (broad SMARTS) is 1. The molecular weight excluding hydrogens is 249 g/mol. The predicted octanol–water partition coefficient (Wildman–Crippen LogP) is 2.57. The zero-order valence-electron chi connectivity index (χ0n) is 10.6. The lowest BCUT2D eigenvalue weighted by Gasteiger charge is -2.16. The Hall–Kier alpha value is -1.91. The van der Waals surface area contributed by atoms with Crippen molar-refractivity contribution in [2.24, 2.45) is 11.8 Å². The monoisotopic (exact) mass is 265 g/mol. The highest BCUT2D eigenvalue weighted by molar-refractivity contribution is 5.95. The molecular formula is C14H16FNO3. The molecule has 2 rings (SSSR count). The third-order valence-electron chi connectivity index (χ3n) is 3.62. The van der Waals surface area contributed by atoms with E-state index >= 15 is 0 Å². The molecule has 19 heavy (non-hydrogen) atoms. The van der Waals surface area contributed by atoms with Crippen molar-refractivity contribution in [1.29, 1.82) is 0 Å². The van der Waals surface area contributed by atoms with E-state index in [1.807, 2.05) is 0 Å². The number of hydrogen-bond acceptors (Lipinski definition) is 2. The van der Waals surface area contributed by atoms with Gasteiger partial charge in [0.2, 0.25) is 5.91 Å². The number of nitrogens with one attached hydrogen (secondary N) is 1. The molecule has 0 heterocycles. The van der Waals surface area contributed by atoms with E-state index in [-0.39, 0.29) is 11.7 Å². The highest BCUT2D eigenvalue weighted by Gasteiger charge is 2.37. The second-order valence-electron chi connectivity index (χ2n) is 4.93. The number of carbonyl (C=O) groups is 2. The highest BCUT2D eigenvalue weighted by atomic mass is 19.1. The number of amides is 1. The van der Waals surface area contributed by atoms with Crippen molar-refractivity contribution in [2.45, 2.75) is 26.2 Å². The lowest BCUT2D eigenvalue weighted by Crippen LogP contribution is -2.30. The number of carbonyl (C=O) groups excluding carboxylic acids is 1. The summed E-state index contributed by atoms with van der Waals surface area (Å²) in [5, 5.41) is 11.8. The second kappa shape index (κ2) is 5.38. The molecule has 0 aliphatic heterocycles. The summed E-state index contributed by atoms with van der Waals surface area (Å²) in [6, 6.07) is 4.10. The summed E-state index contributed by atoms with van der Waals surface area (Å²) in [6.07, 6.45) is 1.87. The molecule has 0 saturated heterocycles. The SMILES string of the molecule is Cc1cc(F)ccc1NC(=O)C1CCCC1C(=O)O. The maximum atomic E-state index is 13.0. The van der Waals surface area contributed by atoms with Crippen molar-refractivity contribution in [3.8, 4) is 0 Å². The van der Waals surface area contributed by atoms with E-state index in [1.54, 1.807) is 6.92 Å². The largest absolute Gasteiger partial charge is 0.481 e. The van der Waals surface area contributed by atoms with Crippen molar-refractivity contribution in [3.63, 3.8) is 0 Å². The molecule has 1 saturated carbocycles. The molecule has 5 heteroatoms. The van der Waals surface area contributed by atoms with Crippen LogP contribution in [-0.4, -0.2) is 17.0 Å². The van der Waals surface area contributed by atoms with Gasteiger partial charge in [-0.15, -0.1) is 0 Å². The van der Waals surface area contributed by atoms with Gasteiger partial charge in [0.05, 0.1) is 11.8 Å². The van der Waals surface area contributed by atoms with E-state index in [0.717, 1.165) is 6.42 Å². The Balaban J connectivity index is 2.10. The molecule has 1 aliphatic carbocycles. The molecule has 4 nitrogen and oxygen atoms in total. The minimum Gasteiger partial charge on any atom is -0.481 e. The van der Waals surface area contributed by atoms with Gasteiger partial charge in [0.1, 0.15) is 5.82 Å². The van der Waals surface area contributed by atoms with Crippen molar-refractivity contribution < 1.29 is 19.1 Å². The van der Waals surface area contributed by atoms with Crippen molar-refractivity contribution in [3.05, 3.63) is 29.6 Å². The van der Waals surface area contributed by atoms with Crippen LogP contribution < -0.4 is 5.32 Å². The summed E-state index contributed by atoms with van der Waals surface area (Å²) in [6.45, 7) is 1.70. The highest BCUT2D eigenvalue weighted by Crippen LogP contribution is 2.33. The molecule has 0 aromatic heterocycles. The number of hydrogen-bond donors (Lipinski definition) is 2. The molecule has 0 bridgehead atoms. The Morgan fingerprint density at radius 3 is 2.63 bits per heavy atom. The standard InChI is InChI=1S/C14H16FNO3/c1-8-7-9(15)5-6-12(8)16-13(17)10-3-2-4-11(10)14(18)19/h5-7,10-11H,2-4H2,1H3,(H,16,17)(H,18,19). The number of benzene rings is 1. The van der Waals surface area contributed by atoms with Crippen LogP contribution in [0.3, 0.4) is 0 Å². The minimum atomic E-state index is -0.923. The van der Waals surface area contributed by atoms with Gasteiger partial charge in [-0.2, -0.15) is 0 Å². The Labute approximate surface area is 110 Å². The molecule has 2 atom stereocenters. The number of aryl methyl sites for hydroxylation is 1. The zero-order chi connectivity index (χ0) is 14.0. The maximum Gasteiger partial charge on any atom is 0.307 e. The van der Waals surface area contributed by atoms with Gasteiger partial charge >= 0.3 is 5.97 Å². The summed E-state index contributed by atoms with van der Waals surface area (Å²) >= 11 is 0.